The molecule has 4 heterocycles. The minimum absolute atomic E-state index is 0.0203. The first-order valence-electron chi connectivity index (χ1n) is 9.16. The zero-order valence-electron chi connectivity index (χ0n) is 16.1. The zero-order chi connectivity index (χ0) is 21.5. The van der Waals surface area contributed by atoms with Gasteiger partial charge in [-0.25, -0.2) is 23.2 Å². The normalized spacial score (nSPS) is 17.7. The van der Waals surface area contributed by atoms with E-state index in [1.54, 1.807) is 24.5 Å². The number of nitrogen functional groups attached to an aromatic ring is 2. The van der Waals surface area contributed by atoms with Crippen molar-refractivity contribution in [3.8, 4) is 11.3 Å². The number of pyridine rings is 3. The Balaban J connectivity index is 1.60. The van der Waals surface area contributed by atoms with Crippen LogP contribution in [0.15, 0.2) is 30.7 Å². The topological polar surface area (TPSA) is 163 Å². The Labute approximate surface area is 172 Å². The summed E-state index contributed by atoms with van der Waals surface area (Å²) < 4.78 is 28.2. The van der Waals surface area contributed by atoms with E-state index in [0.717, 1.165) is 11.1 Å². The summed E-state index contributed by atoms with van der Waals surface area (Å²) in [7, 11) is -3.14. The molecule has 1 aliphatic heterocycles. The summed E-state index contributed by atoms with van der Waals surface area (Å²) in [4.78, 5) is 24.8. The Kier molecular flexibility index (Phi) is 4.90. The summed E-state index contributed by atoms with van der Waals surface area (Å²) in [5, 5.41) is 3.85. The summed E-state index contributed by atoms with van der Waals surface area (Å²) in [5.74, 6) is 0.381. The minimum atomic E-state index is -3.14. The van der Waals surface area contributed by atoms with Gasteiger partial charge in [-0.05, 0) is 36.4 Å². The molecule has 1 fully saturated rings. The summed E-state index contributed by atoms with van der Waals surface area (Å²) in [5.41, 5.74) is 14.8. The highest BCUT2D eigenvalue weighted by Crippen LogP contribution is 2.30. The molecule has 1 unspecified atom stereocenters. The van der Waals surface area contributed by atoms with Gasteiger partial charge in [0.1, 0.15) is 17.7 Å². The van der Waals surface area contributed by atoms with Gasteiger partial charge >= 0.3 is 6.09 Å². The SMILES string of the molecule is Cc1c(N)cncc1-c1cc2cc(NC(=O)OC3CCS(=O)(=O)C3)ncc2c(N)n1. The number of aromatic nitrogens is 3. The lowest BCUT2D eigenvalue weighted by molar-refractivity contribution is 0.124. The molecule has 4 rings (SSSR count). The summed E-state index contributed by atoms with van der Waals surface area (Å²) in [6.07, 6.45) is 3.60. The second kappa shape index (κ2) is 7.41. The molecule has 3 aromatic heterocycles. The van der Waals surface area contributed by atoms with Crippen LogP contribution in [-0.4, -0.2) is 47.1 Å². The quantitative estimate of drug-likeness (QED) is 0.565. The number of carbonyl (C=O) groups excluding carboxylic acids is 1. The lowest BCUT2D eigenvalue weighted by Crippen LogP contribution is -2.23. The van der Waals surface area contributed by atoms with Crippen molar-refractivity contribution < 1.29 is 17.9 Å². The van der Waals surface area contributed by atoms with E-state index in [-0.39, 0.29) is 23.1 Å². The van der Waals surface area contributed by atoms with Crippen molar-refractivity contribution in [1.29, 1.82) is 0 Å². The van der Waals surface area contributed by atoms with Crippen LogP contribution in [0.2, 0.25) is 0 Å². The average molecular weight is 428 g/mol. The fourth-order valence-electron chi connectivity index (χ4n) is 3.32. The second-order valence-electron chi connectivity index (χ2n) is 7.14. The largest absolute Gasteiger partial charge is 0.445 e. The van der Waals surface area contributed by atoms with Gasteiger partial charge in [0.15, 0.2) is 9.84 Å². The molecule has 0 aliphatic carbocycles. The van der Waals surface area contributed by atoms with Gasteiger partial charge in [0, 0.05) is 23.3 Å². The number of carbonyl (C=O) groups is 1. The van der Waals surface area contributed by atoms with E-state index in [4.69, 9.17) is 16.2 Å². The van der Waals surface area contributed by atoms with E-state index >= 15 is 0 Å². The van der Waals surface area contributed by atoms with Gasteiger partial charge in [-0.2, -0.15) is 0 Å². The highest BCUT2D eigenvalue weighted by atomic mass is 32.2. The molecule has 156 valence electrons. The number of fused-ring (bicyclic) bond motifs is 1. The maximum atomic E-state index is 12.1. The molecule has 0 saturated carbocycles. The summed E-state index contributed by atoms with van der Waals surface area (Å²) in [6, 6.07) is 3.44. The van der Waals surface area contributed by atoms with Crippen LogP contribution in [0.4, 0.5) is 22.1 Å². The number of sulfone groups is 1. The van der Waals surface area contributed by atoms with E-state index in [1.807, 2.05) is 6.92 Å². The first-order valence-corrected chi connectivity index (χ1v) is 11.0. The third kappa shape index (κ3) is 3.96. The van der Waals surface area contributed by atoms with E-state index in [9.17, 15) is 13.2 Å². The number of nitrogens with one attached hydrogen (secondary N) is 1. The Morgan fingerprint density at radius 1 is 1.23 bits per heavy atom. The van der Waals surface area contributed by atoms with E-state index in [1.165, 1.54) is 6.20 Å². The predicted octanol–water partition coefficient (Wildman–Crippen LogP) is 1.90. The molecular weight excluding hydrogens is 408 g/mol. The Morgan fingerprint density at radius 3 is 2.77 bits per heavy atom. The Hall–Kier alpha value is -3.47. The average Bonchev–Trinajstić information content (AvgIpc) is 3.01. The fourth-order valence-corrected chi connectivity index (χ4v) is 4.91. The van der Waals surface area contributed by atoms with Crippen molar-refractivity contribution in [1.82, 2.24) is 15.0 Å². The number of hydrogen-bond donors (Lipinski definition) is 3. The first kappa shape index (κ1) is 19.8. The van der Waals surface area contributed by atoms with Crippen molar-refractivity contribution >= 4 is 44.0 Å². The lowest BCUT2D eigenvalue weighted by Gasteiger charge is -2.12. The molecule has 10 nitrogen and oxygen atoms in total. The molecule has 5 N–H and O–H groups in total. The van der Waals surface area contributed by atoms with Crippen molar-refractivity contribution in [2.24, 2.45) is 0 Å². The van der Waals surface area contributed by atoms with Crippen molar-refractivity contribution in [2.75, 3.05) is 28.3 Å². The van der Waals surface area contributed by atoms with Gasteiger partial charge < -0.3 is 16.2 Å². The first-order chi connectivity index (χ1) is 14.2. The van der Waals surface area contributed by atoms with Gasteiger partial charge in [-0.15, -0.1) is 0 Å². The van der Waals surface area contributed by atoms with Crippen LogP contribution in [0.5, 0.6) is 0 Å². The minimum Gasteiger partial charge on any atom is -0.445 e. The molecular formula is C19H20N6O4S. The van der Waals surface area contributed by atoms with Crippen molar-refractivity contribution in [3.05, 3.63) is 36.3 Å². The molecule has 30 heavy (non-hydrogen) atoms. The molecule has 0 spiro atoms. The molecule has 11 heteroatoms. The zero-order valence-corrected chi connectivity index (χ0v) is 16.9. The standard InChI is InChI=1S/C19H20N6O4S/c1-10-13(6-22-8-15(10)20)16-4-11-5-17(23-7-14(11)18(21)24-16)25-19(26)29-12-2-3-30(27,28)9-12/h4-8,12H,2-3,9,20H2,1H3,(H2,21,24)(H,23,25,26). The number of anilines is 3. The van der Waals surface area contributed by atoms with Crippen molar-refractivity contribution in [2.45, 2.75) is 19.4 Å². The molecule has 0 radical (unpaired) electrons. The highest BCUT2D eigenvalue weighted by Gasteiger charge is 2.30. The van der Waals surface area contributed by atoms with Gasteiger partial charge in [-0.3, -0.25) is 10.3 Å². The fraction of sp³-hybridized carbons (Fsp3) is 0.263. The van der Waals surface area contributed by atoms with E-state index in [0.29, 0.717) is 28.6 Å². The maximum absolute atomic E-state index is 12.1. The highest BCUT2D eigenvalue weighted by molar-refractivity contribution is 7.91. The third-order valence-corrected chi connectivity index (χ3v) is 6.71. The summed E-state index contributed by atoms with van der Waals surface area (Å²) in [6.45, 7) is 1.87. The second-order valence-corrected chi connectivity index (χ2v) is 9.37. The number of amides is 1. The molecule has 1 atom stereocenters. The number of hydrogen-bond acceptors (Lipinski definition) is 9. The third-order valence-electron chi connectivity index (χ3n) is 4.97. The van der Waals surface area contributed by atoms with Crippen LogP contribution in [0.1, 0.15) is 12.0 Å². The van der Waals surface area contributed by atoms with Crippen LogP contribution in [0.25, 0.3) is 22.0 Å². The molecule has 1 amide bonds. The lowest BCUT2D eigenvalue weighted by atomic mass is 10.0. The van der Waals surface area contributed by atoms with Gasteiger partial charge in [0.05, 0.1) is 29.1 Å². The molecule has 1 saturated heterocycles. The number of ether oxygens (including phenoxy) is 1. The molecule has 0 aromatic carbocycles. The predicted molar refractivity (Wildman–Crippen MR) is 113 cm³/mol. The van der Waals surface area contributed by atoms with Gasteiger partial charge in [0.25, 0.3) is 0 Å². The summed E-state index contributed by atoms with van der Waals surface area (Å²) >= 11 is 0. The number of nitrogens with two attached hydrogens (primary N) is 2. The molecule has 3 aromatic rings. The smallest absolute Gasteiger partial charge is 0.413 e. The Morgan fingerprint density at radius 2 is 2.03 bits per heavy atom. The van der Waals surface area contributed by atoms with Crippen LogP contribution < -0.4 is 16.8 Å². The van der Waals surface area contributed by atoms with E-state index < -0.39 is 22.0 Å². The molecule has 1 aliphatic rings. The monoisotopic (exact) mass is 428 g/mol. The van der Waals surface area contributed by atoms with Crippen molar-refractivity contribution in [3.63, 3.8) is 0 Å². The maximum Gasteiger partial charge on any atom is 0.413 e. The van der Waals surface area contributed by atoms with Crippen LogP contribution in [0.3, 0.4) is 0 Å². The van der Waals surface area contributed by atoms with Crippen LogP contribution >= 0.6 is 0 Å². The van der Waals surface area contributed by atoms with Gasteiger partial charge in [-0.1, -0.05) is 0 Å². The molecule has 0 bridgehead atoms. The Bertz CT molecular complexity index is 1260. The number of rotatable bonds is 3. The van der Waals surface area contributed by atoms with E-state index in [2.05, 4.69) is 20.3 Å². The van der Waals surface area contributed by atoms with Gasteiger partial charge in [0.2, 0.25) is 0 Å². The van der Waals surface area contributed by atoms with Crippen LogP contribution in [-0.2, 0) is 14.6 Å². The van der Waals surface area contributed by atoms with Crippen LogP contribution in [0, 0.1) is 6.92 Å². The number of nitrogens with zero attached hydrogens (tertiary/aromatic N) is 3.